The second-order valence-corrected chi connectivity index (χ2v) is 19.3. The number of imidazole rings is 1. The molecule has 0 unspecified atom stereocenters. The zero-order chi connectivity index (χ0) is 34.9. The predicted octanol–water partition coefficient (Wildman–Crippen LogP) is 10.1. The Hall–Kier alpha value is -3.13. The van der Waals surface area contributed by atoms with E-state index in [0.29, 0.717) is 0 Å². The van der Waals surface area contributed by atoms with Crippen molar-refractivity contribution in [3.05, 3.63) is 94.1 Å². The van der Waals surface area contributed by atoms with E-state index in [1.807, 2.05) is 0 Å². The molecule has 1 aromatic heterocycles. The molecule has 1 fully saturated rings. The van der Waals surface area contributed by atoms with Crippen LogP contribution in [0.15, 0.2) is 60.4 Å². The van der Waals surface area contributed by atoms with Crippen LogP contribution in [0.2, 0.25) is 0 Å². The summed E-state index contributed by atoms with van der Waals surface area (Å²) in [6, 6.07) is 13.9. The summed E-state index contributed by atoms with van der Waals surface area (Å²) in [6.45, 7) is 39.0. The Morgan fingerprint density at radius 1 is 0.638 bits per heavy atom. The van der Waals surface area contributed by atoms with Crippen molar-refractivity contribution < 1.29 is 13.7 Å². The molecule has 0 atom stereocenters. The standard InChI is InChI=1S/C40H60N4O2Si/c1-24(2)34-19-17-20-35(25(3)4)38(34)43-30(13)23-31(14)44(39-36(26(5)6)21-18-22-37(39)27(7)8)47(43,45-46-47)40-41(28(9)10)32(15)33(16)42(40)29(11)12/h17-29H,13H2,1-12,14-16H3. The fourth-order valence-corrected chi connectivity index (χ4v) is 14.0. The molecule has 47 heavy (non-hydrogen) atoms. The summed E-state index contributed by atoms with van der Waals surface area (Å²) in [5.74, 6) is 1.11. The van der Waals surface area contributed by atoms with E-state index in [0.717, 1.165) is 22.5 Å². The van der Waals surface area contributed by atoms with Crippen LogP contribution in [0.25, 0.3) is 0 Å². The first-order valence-electron chi connectivity index (χ1n) is 17.8. The first kappa shape index (κ1) is 35.2. The quantitative estimate of drug-likeness (QED) is 0.0995. The third-order valence-electron chi connectivity index (χ3n) is 10.4. The summed E-state index contributed by atoms with van der Waals surface area (Å²) in [7, 11) is -4.68. The van der Waals surface area contributed by atoms with Gasteiger partial charge in [0.2, 0.25) is 0 Å². The first-order valence-corrected chi connectivity index (χ1v) is 20.0. The molecular formula is C40H60N4O2Si. The summed E-state index contributed by atoms with van der Waals surface area (Å²) in [6.07, 6.45) is 2.25. The van der Waals surface area contributed by atoms with Crippen molar-refractivity contribution >= 4 is 25.0 Å². The van der Waals surface area contributed by atoms with Gasteiger partial charge < -0.3 is 0 Å². The average Bonchev–Trinajstić information content (AvgIpc) is 3.64. The minimum atomic E-state index is -4.68. The fourth-order valence-electron chi connectivity index (χ4n) is 8.23. The van der Waals surface area contributed by atoms with E-state index in [1.165, 1.54) is 39.3 Å². The maximum atomic E-state index is 7.14. The predicted molar refractivity (Wildman–Crippen MR) is 200 cm³/mol. The molecule has 6 nitrogen and oxygen atoms in total. The third-order valence-corrected chi connectivity index (χ3v) is 14.9. The Balaban J connectivity index is 2.13. The van der Waals surface area contributed by atoms with E-state index in [1.54, 1.807) is 0 Å². The molecule has 3 aromatic rings. The normalized spacial score (nSPS) is 18.4. The van der Waals surface area contributed by atoms with Crippen LogP contribution in [0.3, 0.4) is 0 Å². The van der Waals surface area contributed by atoms with Crippen LogP contribution in [0.1, 0.15) is 159 Å². The van der Waals surface area contributed by atoms with Crippen molar-refractivity contribution in [2.45, 2.75) is 140 Å². The number of nitrogens with zero attached hydrogens (tertiary/aromatic N) is 4. The number of hydrogen-bond acceptors (Lipinski definition) is 4. The summed E-state index contributed by atoms with van der Waals surface area (Å²) < 4.78 is 24.3. The molecule has 7 heteroatoms. The molecule has 0 N–H and O–H groups in total. The van der Waals surface area contributed by atoms with Crippen molar-refractivity contribution in [1.29, 1.82) is 0 Å². The third kappa shape index (κ3) is 4.98. The molecule has 0 saturated carbocycles. The van der Waals surface area contributed by atoms with Gasteiger partial charge in [-0.25, -0.2) is 0 Å². The molecule has 2 aliphatic heterocycles. The summed E-state index contributed by atoms with van der Waals surface area (Å²) in [4.78, 5) is 0. The van der Waals surface area contributed by atoms with Crippen LogP contribution in [-0.4, -0.2) is 12.7 Å². The van der Waals surface area contributed by atoms with Crippen molar-refractivity contribution in [1.82, 2.24) is 4.57 Å². The summed E-state index contributed by atoms with van der Waals surface area (Å²) in [5, 5.41) is 0. The fraction of sp³-hybridized carbons (Fsp3) is 0.525. The van der Waals surface area contributed by atoms with E-state index >= 15 is 0 Å². The van der Waals surface area contributed by atoms with Crippen molar-refractivity contribution in [2.75, 3.05) is 9.13 Å². The van der Waals surface area contributed by atoms with Gasteiger partial charge in [0.25, 0.3) is 0 Å². The summed E-state index contributed by atoms with van der Waals surface area (Å²) >= 11 is 0. The van der Waals surface area contributed by atoms with E-state index in [9.17, 15) is 0 Å². The molecular weight excluding hydrogens is 597 g/mol. The van der Waals surface area contributed by atoms with Gasteiger partial charge in [0.05, 0.1) is 0 Å². The Labute approximate surface area is 285 Å². The van der Waals surface area contributed by atoms with Crippen LogP contribution in [0.4, 0.5) is 11.4 Å². The van der Waals surface area contributed by atoms with Crippen LogP contribution in [-0.2, 0) is 9.15 Å². The second kappa shape index (κ2) is 12.1. The van der Waals surface area contributed by atoms with E-state index in [-0.39, 0.29) is 35.8 Å². The monoisotopic (exact) mass is 656 g/mol. The minimum absolute atomic E-state index is 0.164. The van der Waals surface area contributed by atoms with Gasteiger partial charge in [0, 0.05) is 0 Å². The summed E-state index contributed by atoms with van der Waals surface area (Å²) in [5.41, 5.74) is 13.0. The molecule has 0 bridgehead atoms. The number of aromatic nitrogens is 2. The Bertz CT molecular complexity index is 1650. The Morgan fingerprint density at radius 2 is 1.04 bits per heavy atom. The first-order chi connectivity index (χ1) is 21.9. The topological polar surface area (TPSA) is 40.4 Å². The maximum absolute atomic E-state index is 7.14. The zero-order valence-corrected chi connectivity index (χ0v) is 32.8. The van der Waals surface area contributed by atoms with Crippen LogP contribution < -0.4 is 19.1 Å². The van der Waals surface area contributed by atoms with Gasteiger partial charge in [-0.15, -0.1) is 0 Å². The molecule has 0 aliphatic carbocycles. The SMILES string of the molecule is C=C1C=C(C)N(c2c(C(C)C)cccc2C(C)C)[Si-]2(c3n(C(C)C)c(C)c(C)[n+]3C(C)C)(OO2)N1c1c(C(C)C)cccc1C(C)C. The molecule has 3 heterocycles. The van der Waals surface area contributed by atoms with Crippen LogP contribution in [0.5, 0.6) is 0 Å². The molecule has 0 radical (unpaired) electrons. The molecule has 0 amide bonds. The van der Waals surface area contributed by atoms with Crippen LogP contribution >= 0.6 is 0 Å². The van der Waals surface area contributed by atoms with Gasteiger partial charge in [-0.2, -0.15) is 0 Å². The number of benzene rings is 2. The number of para-hydroxylation sites is 2. The number of allylic oxidation sites excluding steroid dienone is 2. The molecule has 256 valence electrons. The van der Waals surface area contributed by atoms with Crippen LogP contribution in [0, 0.1) is 13.8 Å². The van der Waals surface area contributed by atoms with E-state index in [4.69, 9.17) is 15.7 Å². The van der Waals surface area contributed by atoms with Gasteiger partial charge >= 0.3 is 286 Å². The van der Waals surface area contributed by atoms with Gasteiger partial charge in [-0.1, -0.05) is 0 Å². The van der Waals surface area contributed by atoms with Crippen molar-refractivity contribution in [3.63, 3.8) is 0 Å². The van der Waals surface area contributed by atoms with E-state index in [2.05, 4.69) is 165 Å². The molecule has 1 saturated heterocycles. The van der Waals surface area contributed by atoms with Crippen molar-refractivity contribution in [3.8, 4) is 0 Å². The Morgan fingerprint density at radius 3 is 1.38 bits per heavy atom. The molecule has 2 aliphatic rings. The zero-order valence-electron chi connectivity index (χ0n) is 31.8. The van der Waals surface area contributed by atoms with Gasteiger partial charge in [0.15, 0.2) is 0 Å². The average molecular weight is 657 g/mol. The number of rotatable bonds is 9. The van der Waals surface area contributed by atoms with Crippen molar-refractivity contribution in [2.24, 2.45) is 0 Å². The van der Waals surface area contributed by atoms with Gasteiger partial charge in [-0.05, 0) is 0 Å². The molecule has 5 rings (SSSR count). The number of anilines is 2. The van der Waals surface area contributed by atoms with E-state index < -0.39 is 8.16 Å². The van der Waals surface area contributed by atoms with Gasteiger partial charge in [-0.3, -0.25) is 0 Å². The number of hydrogen-bond donors (Lipinski definition) is 0. The molecule has 1 spiro atoms. The molecule has 2 aromatic carbocycles. The van der Waals surface area contributed by atoms with Gasteiger partial charge in [0.1, 0.15) is 0 Å². The Kier molecular flexibility index (Phi) is 9.04. The second-order valence-electron chi connectivity index (χ2n) is 15.7.